The van der Waals surface area contributed by atoms with E-state index < -0.39 is 30.7 Å². The maximum Gasteiger partial charge on any atom is 0.243 e. The van der Waals surface area contributed by atoms with Gasteiger partial charge in [0.25, 0.3) is 0 Å². The van der Waals surface area contributed by atoms with E-state index in [2.05, 4.69) is 183 Å². The lowest BCUT2D eigenvalue weighted by Gasteiger charge is -2.33. The summed E-state index contributed by atoms with van der Waals surface area (Å²) < 4.78 is 0. The van der Waals surface area contributed by atoms with Crippen LogP contribution in [0.15, 0.2) is 146 Å². The number of benzene rings is 1. The van der Waals surface area contributed by atoms with Gasteiger partial charge >= 0.3 is 0 Å². The van der Waals surface area contributed by atoms with Gasteiger partial charge < -0.3 is 26.2 Å². The van der Waals surface area contributed by atoms with E-state index in [1.165, 1.54) is 44.1 Å². The Labute approximate surface area is 445 Å². The molecule has 0 fully saturated rings. The first kappa shape index (κ1) is 66.0. The summed E-state index contributed by atoms with van der Waals surface area (Å²) in [6.07, 6.45) is 67.8. The van der Waals surface area contributed by atoms with Crippen molar-refractivity contribution in [2.45, 2.75) is 212 Å². The van der Waals surface area contributed by atoms with E-state index in [0.29, 0.717) is 51.5 Å². The molecule has 0 radical (unpaired) electrons. The molecule has 0 aliphatic heterocycles. The van der Waals surface area contributed by atoms with Crippen LogP contribution < -0.4 is 16.0 Å². The number of aliphatic hydroxyl groups is 2. The maximum absolute atomic E-state index is 13.9. The third-order valence-corrected chi connectivity index (χ3v) is 12.5. The highest BCUT2D eigenvalue weighted by atomic mass is 16.3. The second kappa shape index (κ2) is 49.2. The minimum atomic E-state index is -1.25. The number of amides is 3. The molecule has 8 heteroatoms. The molecule has 0 bridgehead atoms. The molecule has 1 aromatic rings. The molecule has 0 aliphatic carbocycles. The van der Waals surface area contributed by atoms with Gasteiger partial charge in [0.1, 0.15) is 6.04 Å². The van der Waals surface area contributed by atoms with Gasteiger partial charge in [-0.2, -0.15) is 0 Å². The molecule has 0 saturated carbocycles. The van der Waals surface area contributed by atoms with Crippen LogP contribution in [-0.2, 0) is 27.2 Å². The molecule has 0 aliphatic rings. The first-order chi connectivity index (χ1) is 35.8. The number of carbonyl (C=O) groups is 3. The van der Waals surface area contributed by atoms with E-state index in [9.17, 15) is 24.6 Å². The maximum atomic E-state index is 13.9. The molecule has 8 nitrogen and oxygen atoms in total. The molecule has 1 atom stereocenters. The van der Waals surface area contributed by atoms with E-state index in [1.54, 1.807) is 0 Å². The number of hydrogen-bond donors (Lipinski definition) is 5. The molecule has 0 heterocycles. The minimum absolute atomic E-state index is 0.00517. The molecule has 1 rings (SSSR count). The Kier molecular flexibility index (Phi) is 44.4. The summed E-state index contributed by atoms with van der Waals surface area (Å²) in [5.41, 5.74) is 1.12. The zero-order chi connectivity index (χ0) is 53.0. The van der Waals surface area contributed by atoms with Crippen LogP contribution in [0.25, 0.3) is 0 Å². The molecule has 0 unspecified atom stereocenters. The van der Waals surface area contributed by atoms with Crippen molar-refractivity contribution in [3.8, 4) is 0 Å². The van der Waals surface area contributed by atoms with Gasteiger partial charge in [0.15, 0.2) is 0 Å². The van der Waals surface area contributed by atoms with Crippen LogP contribution in [0.1, 0.15) is 199 Å². The van der Waals surface area contributed by atoms with Crippen molar-refractivity contribution >= 4 is 17.7 Å². The summed E-state index contributed by atoms with van der Waals surface area (Å²) in [7, 11) is 0. The monoisotopic (exact) mass is 1000 g/mol. The summed E-state index contributed by atoms with van der Waals surface area (Å²) in [5.74, 6) is -0.638. The summed E-state index contributed by atoms with van der Waals surface area (Å²) in [5, 5.41) is 30.0. The highest BCUT2D eigenvalue weighted by Gasteiger charge is 2.33. The Morgan fingerprint density at radius 3 is 1.34 bits per heavy atom. The number of carbonyl (C=O) groups excluding carboxylic acids is 3. The van der Waals surface area contributed by atoms with Gasteiger partial charge in [-0.15, -0.1) is 0 Å². The van der Waals surface area contributed by atoms with E-state index >= 15 is 0 Å². The number of aliphatic hydroxyl groups excluding tert-OH is 2. The van der Waals surface area contributed by atoms with Gasteiger partial charge in [0, 0.05) is 19.4 Å². The van der Waals surface area contributed by atoms with Crippen molar-refractivity contribution in [2.75, 3.05) is 19.8 Å². The fourth-order valence-corrected chi connectivity index (χ4v) is 7.89. The summed E-state index contributed by atoms with van der Waals surface area (Å²) in [4.78, 5) is 39.8. The van der Waals surface area contributed by atoms with Crippen molar-refractivity contribution in [1.82, 2.24) is 16.0 Å². The van der Waals surface area contributed by atoms with E-state index in [4.69, 9.17) is 0 Å². The predicted octanol–water partition coefficient (Wildman–Crippen LogP) is 15.0. The third kappa shape index (κ3) is 40.1. The SMILES string of the molecule is CC/C=C\C/C=C\C/C=C\C/C=C\C/C=C\CCCC(=O)NCCCC[C@H](NC(=O)CCC/C=C\C/C=C\C/C=C\C/C=C\C/C=C\CC)C(=O)NC(CO)(CO)CCc1ccc(CCCCCCCC)cc1. The highest BCUT2D eigenvalue weighted by molar-refractivity contribution is 5.88. The smallest absolute Gasteiger partial charge is 0.243 e. The van der Waals surface area contributed by atoms with Gasteiger partial charge in [-0.25, -0.2) is 0 Å². The first-order valence-corrected chi connectivity index (χ1v) is 28.5. The van der Waals surface area contributed by atoms with Crippen LogP contribution in [0, 0.1) is 0 Å². The molecular weight excluding hydrogens is 903 g/mol. The normalized spacial score (nSPS) is 13.2. The van der Waals surface area contributed by atoms with Crippen molar-refractivity contribution in [1.29, 1.82) is 0 Å². The van der Waals surface area contributed by atoms with E-state index in [1.807, 2.05) is 0 Å². The molecule has 0 aromatic heterocycles. The van der Waals surface area contributed by atoms with Gasteiger partial charge in [-0.05, 0) is 146 Å². The lowest BCUT2D eigenvalue weighted by atomic mass is 9.91. The quantitative estimate of drug-likeness (QED) is 0.0328. The van der Waals surface area contributed by atoms with Gasteiger partial charge in [0.2, 0.25) is 17.7 Å². The minimum Gasteiger partial charge on any atom is -0.394 e. The lowest BCUT2D eigenvalue weighted by molar-refractivity contribution is -0.131. The Morgan fingerprint density at radius 1 is 0.479 bits per heavy atom. The molecule has 3 amide bonds. The van der Waals surface area contributed by atoms with Crippen molar-refractivity contribution in [3.05, 3.63) is 157 Å². The number of unbranched alkanes of at least 4 members (excludes halogenated alkanes) is 8. The van der Waals surface area contributed by atoms with Gasteiger partial charge in [-0.1, -0.05) is 199 Å². The van der Waals surface area contributed by atoms with E-state index in [0.717, 1.165) is 95.5 Å². The number of hydrogen-bond acceptors (Lipinski definition) is 5. The Hall–Kier alpha value is -5.05. The number of rotatable bonds is 46. The van der Waals surface area contributed by atoms with Crippen LogP contribution in [0.2, 0.25) is 0 Å². The summed E-state index contributed by atoms with van der Waals surface area (Å²) in [6.45, 7) is 6.12. The molecule has 5 N–H and O–H groups in total. The van der Waals surface area contributed by atoms with Crippen LogP contribution in [-0.4, -0.2) is 59.3 Å². The average molecular weight is 1000 g/mol. The lowest BCUT2D eigenvalue weighted by Crippen LogP contribution is -2.59. The zero-order valence-electron chi connectivity index (χ0n) is 46.0. The van der Waals surface area contributed by atoms with Crippen molar-refractivity contribution in [2.24, 2.45) is 0 Å². The Morgan fingerprint density at radius 2 is 0.890 bits per heavy atom. The largest absolute Gasteiger partial charge is 0.394 e. The summed E-state index contributed by atoms with van der Waals surface area (Å²) in [6, 6.07) is 7.66. The Balaban J connectivity index is 2.66. The molecule has 1 aromatic carbocycles. The molecule has 0 spiro atoms. The summed E-state index contributed by atoms with van der Waals surface area (Å²) >= 11 is 0. The number of nitrogens with one attached hydrogen (secondary N) is 3. The van der Waals surface area contributed by atoms with Crippen molar-refractivity contribution < 1.29 is 24.6 Å². The van der Waals surface area contributed by atoms with Crippen LogP contribution >= 0.6 is 0 Å². The topological polar surface area (TPSA) is 128 Å². The zero-order valence-corrected chi connectivity index (χ0v) is 46.0. The van der Waals surface area contributed by atoms with Gasteiger partial charge in [-0.3, -0.25) is 14.4 Å². The van der Waals surface area contributed by atoms with Gasteiger partial charge in [0.05, 0.1) is 18.8 Å². The number of aryl methyl sites for hydroxylation is 2. The van der Waals surface area contributed by atoms with Crippen LogP contribution in [0.4, 0.5) is 0 Å². The number of allylic oxidation sites excluding steroid dienone is 20. The standard InChI is InChI=1S/C65H101N3O5/c1-4-7-10-13-16-18-20-22-24-26-28-30-32-34-36-39-42-48-62(71)66-56-45-44-47-61(67-63(72)49-43-40-37-35-33-31-29-27-25-23-21-19-17-14-11-8-5-2)64(73)68-65(57-69,58-70)55-54-60-52-50-59(51-53-60)46-41-38-15-12-9-6-3/h7-8,10-11,16-19,22-25,28-31,34-37,50-53,61,69-70H,4-6,9,12-15,20-21,26-27,32-33,38-49,54-58H2,1-3H3,(H,66,71)(H,67,72)(H,68,73)/b10-7-,11-8-,18-16-,19-17-,24-22-,25-23-,30-28-,31-29-,36-34-,37-35-/t61-/m0/s1. The second-order valence-corrected chi connectivity index (χ2v) is 19.1. The van der Waals surface area contributed by atoms with E-state index in [-0.39, 0.29) is 18.2 Å². The van der Waals surface area contributed by atoms with Crippen molar-refractivity contribution in [3.63, 3.8) is 0 Å². The van der Waals surface area contributed by atoms with Crippen LogP contribution in [0.5, 0.6) is 0 Å². The molecule has 406 valence electrons. The molecular formula is C65H101N3O5. The highest BCUT2D eigenvalue weighted by Crippen LogP contribution is 2.18. The predicted molar refractivity (Wildman–Crippen MR) is 312 cm³/mol. The molecule has 0 saturated heterocycles. The molecule has 73 heavy (non-hydrogen) atoms. The fraction of sp³-hybridized carbons (Fsp3) is 0.554. The second-order valence-electron chi connectivity index (χ2n) is 19.1. The Bertz CT molecular complexity index is 1830. The van der Waals surface area contributed by atoms with Crippen LogP contribution in [0.3, 0.4) is 0 Å². The first-order valence-electron chi connectivity index (χ1n) is 28.5. The average Bonchev–Trinajstić information content (AvgIpc) is 3.40. The fourth-order valence-electron chi connectivity index (χ4n) is 7.89. The third-order valence-electron chi connectivity index (χ3n) is 12.5.